The van der Waals surface area contributed by atoms with Crippen molar-refractivity contribution in [2.24, 2.45) is 7.05 Å². The van der Waals surface area contributed by atoms with Crippen LogP contribution < -0.4 is 0 Å². The topological polar surface area (TPSA) is 30.7 Å². The first-order valence-corrected chi connectivity index (χ1v) is 6.39. The molecule has 0 N–H and O–H groups in total. The Morgan fingerprint density at radius 2 is 2.00 bits per heavy atom. The fraction of sp³-hybridized carbons (Fsp3) is 0.231. The molecule has 3 rings (SSSR count). The lowest BCUT2D eigenvalue weighted by Crippen LogP contribution is -1.89. The summed E-state index contributed by atoms with van der Waals surface area (Å²) in [6.45, 7) is 4.04. The number of thiazole rings is 1. The lowest BCUT2D eigenvalue weighted by molar-refractivity contribution is 0.886. The highest BCUT2D eigenvalue weighted by atomic mass is 32.1. The van der Waals surface area contributed by atoms with Gasteiger partial charge in [0, 0.05) is 23.7 Å². The van der Waals surface area contributed by atoms with Crippen LogP contribution in [0.5, 0.6) is 0 Å². The van der Waals surface area contributed by atoms with E-state index in [2.05, 4.69) is 38.1 Å². The maximum absolute atomic E-state index is 4.55. The molecule has 0 radical (unpaired) electrons. The number of nitrogens with zero attached hydrogens (tertiary/aromatic N) is 3. The minimum absolute atomic E-state index is 1.03. The van der Waals surface area contributed by atoms with Gasteiger partial charge >= 0.3 is 0 Å². The van der Waals surface area contributed by atoms with E-state index in [1.807, 2.05) is 20.9 Å². The fourth-order valence-corrected chi connectivity index (χ4v) is 2.73. The smallest absolute Gasteiger partial charge is 0.123 e. The number of benzene rings is 1. The normalized spacial score (nSPS) is 11.2. The molecule has 0 atom stereocenters. The van der Waals surface area contributed by atoms with Gasteiger partial charge in [0.1, 0.15) is 10.8 Å². The average Bonchev–Trinajstić information content (AvgIpc) is 2.85. The van der Waals surface area contributed by atoms with E-state index in [0.717, 1.165) is 27.6 Å². The molecule has 0 saturated carbocycles. The molecule has 0 aliphatic rings. The maximum atomic E-state index is 4.55. The molecule has 17 heavy (non-hydrogen) atoms. The van der Waals surface area contributed by atoms with E-state index in [0.29, 0.717) is 0 Å². The number of aromatic nitrogens is 3. The van der Waals surface area contributed by atoms with Crippen molar-refractivity contribution in [3.8, 4) is 10.6 Å². The lowest BCUT2D eigenvalue weighted by atomic mass is 10.2. The van der Waals surface area contributed by atoms with Gasteiger partial charge in [-0.05, 0) is 32.0 Å². The summed E-state index contributed by atoms with van der Waals surface area (Å²) < 4.78 is 2.10. The first-order chi connectivity index (χ1) is 8.15. The zero-order chi connectivity index (χ0) is 12.0. The molecule has 0 spiro atoms. The summed E-state index contributed by atoms with van der Waals surface area (Å²) in [6.07, 6.45) is 0. The van der Waals surface area contributed by atoms with Gasteiger partial charge in [-0.2, -0.15) is 0 Å². The van der Waals surface area contributed by atoms with Crippen molar-refractivity contribution < 1.29 is 0 Å². The Morgan fingerprint density at radius 3 is 2.71 bits per heavy atom. The van der Waals surface area contributed by atoms with Crippen molar-refractivity contribution in [2.75, 3.05) is 0 Å². The third kappa shape index (κ3) is 1.65. The van der Waals surface area contributed by atoms with Gasteiger partial charge in [0.15, 0.2) is 0 Å². The van der Waals surface area contributed by atoms with E-state index in [-0.39, 0.29) is 0 Å². The van der Waals surface area contributed by atoms with Gasteiger partial charge in [-0.25, -0.2) is 9.97 Å². The van der Waals surface area contributed by atoms with Crippen LogP contribution in [0.15, 0.2) is 23.6 Å². The van der Waals surface area contributed by atoms with Crippen LogP contribution in [0.2, 0.25) is 0 Å². The second-order valence-electron chi connectivity index (χ2n) is 4.22. The molecule has 4 heteroatoms. The van der Waals surface area contributed by atoms with E-state index in [1.165, 1.54) is 5.52 Å². The van der Waals surface area contributed by atoms with Crippen LogP contribution in [-0.4, -0.2) is 14.5 Å². The van der Waals surface area contributed by atoms with Crippen LogP contribution in [0.4, 0.5) is 0 Å². The largest absolute Gasteiger partial charge is 0.331 e. The van der Waals surface area contributed by atoms with Crippen molar-refractivity contribution in [2.45, 2.75) is 13.8 Å². The number of hydrogen-bond donors (Lipinski definition) is 0. The van der Waals surface area contributed by atoms with Crippen LogP contribution in [-0.2, 0) is 7.05 Å². The molecule has 0 bridgehead atoms. The summed E-state index contributed by atoms with van der Waals surface area (Å²) in [5, 5.41) is 3.14. The summed E-state index contributed by atoms with van der Waals surface area (Å²) in [5.74, 6) is 1.03. The monoisotopic (exact) mass is 243 g/mol. The molecule has 0 fully saturated rings. The summed E-state index contributed by atoms with van der Waals surface area (Å²) in [7, 11) is 2.04. The number of hydrogen-bond acceptors (Lipinski definition) is 3. The van der Waals surface area contributed by atoms with Crippen LogP contribution in [0.3, 0.4) is 0 Å². The number of fused-ring (bicyclic) bond motifs is 1. The van der Waals surface area contributed by atoms with Gasteiger partial charge in [0.05, 0.1) is 11.0 Å². The highest BCUT2D eigenvalue weighted by Gasteiger charge is 2.07. The summed E-state index contributed by atoms with van der Waals surface area (Å²) >= 11 is 1.68. The first-order valence-electron chi connectivity index (χ1n) is 5.51. The molecule has 0 saturated heterocycles. The van der Waals surface area contributed by atoms with Gasteiger partial charge in [0.25, 0.3) is 0 Å². The molecule has 2 aromatic heterocycles. The van der Waals surface area contributed by atoms with Crippen LogP contribution in [0.25, 0.3) is 21.6 Å². The van der Waals surface area contributed by atoms with Crippen LogP contribution in [0, 0.1) is 13.8 Å². The van der Waals surface area contributed by atoms with Crippen molar-refractivity contribution in [3.63, 3.8) is 0 Å². The Bertz CT molecular complexity index is 694. The lowest BCUT2D eigenvalue weighted by Gasteiger charge is -1.98. The van der Waals surface area contributed by atoms with Crippen molar-refractivity contribution >= 4 is 22.4 Å². The molecule has 0 amide bonds. The van der Waals surface area contributed by atoms with Crippen molar-refractivity contribution in [1.29, 1.82) is 0 Å². The Kier molecular flexibility index (Phi) is 2.26. The van der Waals surface area contributed by atoms with E-state index in [1.54, 1.807) is 11.3 Å². The predicted octanol–water partition coefficient (Wildman–Crippen LogP) is 3.31. The molecule has 0 aliphatic carbocycles. The molecule has 0 unspecified atom stereocenters. The predicted molar refractivity (Wildman–Crippen MR) is 71.3 cm³/mol. The summed E-state index contributed by atoms with van der Waals surface area (Å²) in [4.78, 5) is 9.05. The van der Waals surface area contributed by atoms with E-state index in [4.69, 9.17) is 0 Å². The third-order valence-corrected chi connectivity index (χ3v) is 3.98. The van der Waals surface area contributed by atoms with Gasteiger partial charge < -0.3 is 4.57 Å². The SMILES string of the molecule is Cc1csc(-c2ccc3c(c2)nc(C)n3C)n1. The molecule has 3 aromatic rings. The van der Waals surface area contributed by atoms with E-state index in [9.17, 15) is 0 Å². The van der Waals surface area contributed by atoms with Gasteiger partial charge in [-0.1, -0.05) is 0 Å². The second kappa shape index (κ2) is 3.67. The maximum Gasteiger partial charge on any atom is 0.123 e. The van der Waals surface area contributed by atoms with Crippen molar-refractivity contribution in [3.05, 3.63) is 35.1 Å². The quantitative estimate of drug-likeness (QED) is 0.656. The number of aryl methyl sites for hydroxylation is 3. The van der Waals surface area contributed by atoms with Crippen molar-refractivity contribution in [1.82, 2.24) is 14.5 Å². The van der Waals surface area contributed by atoms with Crippen LogP contribution >= 0.6 is 11.3 Å². The standard InChI is InChI=1S/C13H13N3S/c1-8-7-17-13(14-8)10-4-5-12-11(6-10)15-9(2)16(12)3/h4-7H,1-3H3. The fourth-order valence-electron chi connectivity index (χ4n) is 1.94. The molecular formula is C13H13N3S. The molecule has 3 nitrogen and oxygen atoms in total. The molecular weight excluding hydrogens is 230 g/mol. The minimum atomic E-state index is 1.03. The first kappa shape index (κ1) is 10.5. The Morgan fingerprint density at radius 1 is 1.18 bits per heavy atom. The Hall–Kier alpha value is -1.68. The number of rotatable bonds is 1. The Balaban J connectivity index is 2.20. The zero-order valence-corrected chi connectivity index (χ0v) is 10.9. The molecule has 1 aromatic carbocycles. The van der Waals surface area contributed by atoms with Gasteiger partial charge in [0.2, 0.25) is 0 Å². The molecule has 86 valence electrons. The van der Waals surface area contributed by atoms with Gasteiger partial charge in [-0.3, -0.25) is 0 Å². The third-order valence-electron chi connectivity index (χ3n) is 2.97. The molecule has 0 aliphatic heterocycles. The zero-order valence-electron chi connectivity index (χ0n) is 10.1. The van der Waals surface area contributed by atoms with E-state index < -0.39 is 0 Å². The molecule has 2 heterocycles. The number of imidazole rings is 1. The Labute approximate surface area is 104 Å². The van der Waals surface area contributed by atoms with Gasteiger partial charge in [-0.15, -0.1) is 11.3 Å². The minimum Gasteiger partial charge on any atom is -0.331 e. The van der Waals surface area contributed by atoms with Crippen LogP contribution in [0.1, 0.15) is 11.5 Å². The summed E-state index contributed by atoms with van der Waals surface area (Å²) in [6, 6.07) is 6.34. The second-order valence-corrected chi connectivity index (χ2v) is 5.07. The summed E-state index contributed by atoms with van der Waals surface area (Å²) in [5.41, 5.74) is 4.42. The van der Waals surface area contributed by atoms with E-state index >= 15 is 0 Å². The average molecular weight is 243 g/mol. The highest BCUT2D eigenvalue weighted by Crippen LogP contribution is 2.26. The highest BCUT2D eigenvalue weighted by molar-refractivity contribution is 7.13.